The maximum atomic E-state index is 14.6. The molecule has 0 spiro atoms. The molecule has 1 aliphatic heterocycles. The predicted molar refractivity (Wildman–Crippen MR) is 197 cm³/mol. The number of nitrogens with one attached hydrogen (secondary N) is 1. The van der Waals surface area contributed by atoms with E-state index in [1.54, 1.807) is 34.1 Å². The number of Topliss-reactive ketones (excluding diaryl/α,β-unsaturated/α-hetero) is 1. The third-order valence-corrected chi connectivity index (χ3v) is 9.69. The van der Waals surface area contributed by atoms with Crippen molar-refractivity contribution in [3.8, 4) is 23.0 Å². The number of nitrogens with zero attached hydrogens (tertiary/aromatic N) is 7. The first-order valence-corrected chi connectivity index (χ1v) is 17.4. The number of carbonyl (C=O) groups excluding carboxylic acids is 3. The van der Waals surface area contributed by atoms with Crippen molar-refractivity contribution in [2.24, 2.45) is 5.41 Å². The molecular weight excluding hydrogens is 712 g/mol. The van der Waals surface area contributed by atoms with E-state index in [1.165, 1.54) is 6.92 Å². The quantitative estimate of drug-likeness (QED) is 0.0622. The molecule has 2 aliphatic rings. The van der Waals surface area contributed by atoms with Crippen LogP contribution < -0.4 is 5.32 Å². The van der Waals surface area contributed by atoms with Gasteiger partial charge in [0.2, 0.25) is 11.8 Å². The molecule has 4 heterocycles. The molecule has 4 aromatic rings. The highest BCUT2D eigenvalue weighted by Crippen LogP contribution is 2.46. The summed E-state index contributed by atoms with van der Waals surface area (Å²) in [5.74, 6) is 6.73. The number of likely N-dealkylation sites (N-methyl/N-ethyl adjacent to an activating group) is 1. The van der Waals surface area contributed by atoms with E-state index in [0.717, 1.165) is 11.1 Å². The molecule has 13 heteroatoms. The van der Waals surface area contributed by atoms with E-state index < -0.39 is 11.5 Å². The van der Waals surface area contributed by atoms with Gasteiger partial charge in [-0.2, -0.15) is 5.10 Å². The van der Waals surface area contributed by atoms with Gasteiger partial charge in [0.1, 0.15) is 34.5 Å². The summed E-state index contributed by atoms with van der Waals surface area (Å²) < 4.78 is 7.74. The van der Waals surface area contributed by atoms with Crippen molar-refractivity contribution in [3.05, 3.63) is 89.7 Å². The Kier molecular flexibility index (Phi) is 10.6. The van der Waals surface area contributed by atoms with E-state index in [4.69, 9.17) is 4.74 Å². The lowest BCUT2D eigenvalue weighted by atomic mass is 9.81. The number of amides is 2. The SMILES string of the molecule is C=CCOCc1ccc(Br)nc1NC(=O)[C@@H]1C[C@@]2(CN(C)CC=C)C#CC[C@H]2N1C(=O)Cn1nc(C(C)=O)c2cc(-c3cnc(C)nc3)ccc21. The summed E-state index contributed by atoms with van der Waals surface area (Å²) >= 11 is 3.41. The number of aromatic nitrogens is 5. The molecule has 1 saturated heterocycles. The lowest BCUT2D eigenvalue weighted by molar-refractivity contribution is -0.139. The van der Waals surface area contributed by atoms with Gasteiger partial charge in [0.05, 0.1) is 30.2 Å². The minimum atomic E-state index is -0.848. The van der Waals surface area contributed by atoms with E-state index in [-0.39, 0.29) is 42.5 Å². The van der Waals surface area contributed by atoms with E-state index in [1.807, 2.05) is 44.3 Å². The Balaban J connectivity index is 1.34. The molecule has 0 saturated carbocycles. The Hall–Kier alpha value is -5.03. The summed E-state index contributed by atoms with van der Waals surface area (Å²) in [7, 11) is 1.98. The summed E-state index contributed by atoms with van der Waals surface area (Å²) in [6, 6.07) is 7.98. The topological polar surface area (TPSA) is 135 Å². The van der Waals surface area contributed by atoms with Crippen molar-refractivity contribution in [2.45, 2.75) is 51.9 Å². The van der Waals surface area contributed by atoms with Crippen LogP contribution in [-0.4, -0.2) is 91.0 Å². The van der Waals surface area contributed by atoms with E-state index in [0.29, 0.717) is 65.2 Å². The number of aryl methyl sites for hydroxylation is 1. The Bertz CT molecular complexity index is 2080. The minimum absolute atomic E-state index is 0.189. The normalized spacial score (nSPS) is 19.1. The van der Waals surface area contributed by atoms with Gasteiger partial charge >= 0.3 is 0 Å². The average Bonchev–Trinajstić information content (AvgIpc) is 3.75. The van der Waals surface area contributed by atoms with Gasteiger partial charge in [-0.1, -0.05) is 30.2 Å². The molecule has 1 fully saturated rings. The second-order valence-electron chi connectivity index (χ2n) is 12.9. The van der Waals surface area contributed by atoms with Crippen molar-refractivity contribution in [1.29, 1.82) is 0 Å². The number of carbonyl (C=O) groups is 3. The number of rotatable bonds is 14. The number of hydrogen-bond donors (Lipinski definition) is 1. The number of hydrogen-bond acceptors (Lipinski definition) is 9. The third kappa shape index (κ3) is 7.39. The number of halogens is 1. The molecule has 3 aromatic heterocycles. The molecular formula is C38H39BrN8O4. The molecule has 3 atom stereocenters. The number of likely N-dealkylation sites (tertiary alicyclic amines) is 1. The van der Waals surface area contributed by atoms with Crippen molar-refractivity contribution in [1.82, 2.24) is 34.5 Å². The van der Waals surface area contributed by atoms with Gasteiger partial charge in [-0.05, 0) is 60.1 Å². The number of benzene rings is 1. The second kappa shape index (κ2) is 15.1. The molecule has 6 rings (SSSR count). The second-order valence-corrected chi connectivity index (χ2v) is 13.7. The molecule has 1 aromatic carbocycles. The van der Waals surface area contributed by atoms with Crippen LogP contribution in [0.25, 0.3) is 22.0 Å². The number of anilines is 1. The van der Waals surface area contributed by atoms with Crippen LogP contribution >= 0.6 is 15.9 Å². The fourth-order valence-electron chi connectivity index (χ4n) is 6.99. The summed E-state index contributed by atoms with van der Waals surface area (Å²) in [5.41, 5.74) is 2.52. The van der Waals surface area contributed by atoms with Gasteiger partial charge < -0.3 is 19.9 Å². The van der Waals surface area contributed by atoms with Crippen LogP contribution in [0.5, 0.6) is 0 Å². The third-order valence-electron chi connectivity index (χ3n) is 9.25. The molecule has 0 bridgehead atoms. The van der Waals surface area contributed by atoms with E-state index in [2.05, 4.69) is 71.2 Å². The van der Waals surface area contributed by atoms with Crippen LogP contribution in [0.1, 0.15) is 41.6 Å². The molecule has 1 aliphatic carbocycles. The van der Waals surface area contributed by atoms with Crippen molar-refractivity contribution >= 4 is 50.2 Å². The van der Waals surface area contributed by atoms with Crippen LogP contribution in [0.2, 0.25) is 0 Å². The number of pyridine rings is 1. The number of ether oxygens (including phenoxy) is 1. The lowest BCUT2D eigenvalue weighted by Crippen LogP contribution is -2.50. The van der Waals surface area contributed by atoms with Crippen LogP contribution in [0.4, 0.5) is 5.82 Å². The molecule has 2 amide bonds. The summed E-state index contributed by atoms with van der Waals surface area (Å²) in [5, 5.41) is 8.22. The fourth-order valence-corrected chi connectivity index (χ4v) is 7.30. The Labute approximate surface area is 305 Å². The highest BCUT2D eigenvalue weighted by Gasteiger charge is 2.57. The maximum absolute atomic E-state index is 14.6. The minimum Gasteiger partial charge on any atom is -0.373 e. The monoisotopic (exact) mass is 750 g/mol. The largest absolute Gasteiger partial charge is 0.373 e. The van der Waals surface area contributed by atoms with Crippen molar-refractivity contribution < 1.29 is 19.1 Å². The van der Waals surface area contributed by atoms with Crippen molar-refractivity contribution in [3.63, 3.8) is 0 Å². The average molecular weight is 752 g/mol. The van der Waals surface area contributed by atoms with Crippen LogP contribution in [-0.2, 0) is 27.5 Å². The van der Waals surface area contributed by atoms with Crippen LogP contribution in [0.15, 0.2) is 72.6 Å². The smallest absolute Gasteiger partial charge is 0.248 e. The van der Waals surface area contributed by atoms with E-state index in [9.17, 15) is 14.4 Å². The summed E-state index contributed by atoms with van der Waals surface area (Å²) in [6.07, 6.45) is 7.68. The first kappa shape index (κ1) is 35.8. The first-order valence-electron chi connectivity index (χ1n) is 16.6. The van der Waals surface area contributed by atoms with Gasteiger partial charge in [0.15, 0.2) is 5.78 Å². The number of ketones is 1. The molecule has 51 heavy (non-hydrogen) atoms. The Morgan fingerprint density at radius 1 is 1.16 bits per heavy atom. The van der Waals surface area contributed by atoms with Crippen molar-refractivity contribution in [2.75, 3.05) is 32.1 Å². The molecule has 0 unspecified atom stereocenters. The first-order chi connectivity index (χ1) is 24.5. The van der Waals surface area contributed by atoms with Gasteiger partial charge in [-0.15, -0.1) is 19.1 Å². The maximum Gasteiger partial charge on any atom is 0.248 e. The zero-order chi connectivity index (χ0) is 36.3. The molecule has 12 nitrogen and oxygen atoms in total. The molecule has 0 radical (unpaired) electrons. The van der Waals surface area contributed by atoms with Gasteiger partial charge in [0, 0.05) is 55.3 Å². The highest BCUT2D eigenvalue weighted by molar-refractivity contribution is 9.10. The predicted octanol–water partition coefficient (Wildman–Crippen LogP) is 4.98. The Morgan fingerprint density at radius 3 is 2.67 bits per heavy atom. The number of fused-ring (bicyclic) bond motifs is 2. The van der Waals surface area contributed by atoms with E-state index >= 15 is 0 Å². The zero-order valence-electron chi connectivity index (χ0n) is 28.9. The fraction of sp³-hybridized carbons (Fsp3) is 0.342. The van der Waals surface area contributed by atoms with Crippen LogP contribution in [0.3, 0.4) is 0 Å². The lowest BCUT2D eigenvalue weighted by Gasteiger charge is -2.34. The highest BCUT2D eigenvalue weighted by atomic mass is 79.9. The summed E-state index contributed by atoms with van der Waals surface area (Å²) in [4.78, 5) is 58.5. The summed E-state index contributed by atoms with van der Waals surface area (Å²) in [6.45, 7) is 12.4. The molecule has 1 N–H and O–H groups in total. The molecule has 262 valence electrons. The van der Waals surface area contributed by atoms with Gasteiger partial charge in [-0.25, -0.2) is 15.0 Å². The van der Waals surface area contributed by atoms with Gasteiger partial charge in [0.25, 0.3) is 0 Å². The van der Waals surface area contributed by atoms with Crippen LogP contribution in [0, 0.1) is 24.2 Å². The zero-order valence-corrected chi connectivity index (χ0v) is 30.4. The standard InChI is InChI=1S/C38H39BrN8O4/c1-6-15-45(5)23-38-14-8-9-32(38)47(31(18-38)37(50)43-36-27(22-51-16-7-2)11-13-33(39)42-36)34(49)21-46-30-12-10-26(28-19-40-25(4)41-20-28)17-29(30)35(44-46)24(3)48/h6-7,10-13,17,19-20,31-32H,1-2,9,15-16,18,21-23H2,3-5H3,(H,42,43,50)/t31-,32+,38+/m0/s1. The van der Waals surface area contributed by atoms with Gasteiger partial charge in [-0.3, -0.25) is 19.1 Å². The Morgan fingerprint density at radius 2 is 1.94 bits per heavy atom.